The van der Waals surface area contributed by atoms with Crippen LogP contribution in [0.3, 0.4) is 0 Å². The predicted molar refractivity (Wildman–Crippen MR) is 116 cm³/mol. The average molecular weight is 410 g/mol. The lowest BCUT2D eigenvalue weighted by atomic mass is 9.96. The van der Waals surface area contributed by atoms with E-state index in [1.807, 2.05) is 44.2 Å². The van der Waals surface area contributed by atoms with Crippen LogP contribution in [0.2, 0.25) is 5.02 Å². The maximum atomic E-state index is 9.31. The normalized spacial score (nSPS) is 11.3. The largest absolute Gasteiger partial charge is 0.495 e. The van der Waals surface area contributed by atoms with Crippen LogP contribution in [0.5, 0.6) is 5.75 Å². The number of halogens is 1. The third-order valence-electron chi connectivity index (χ3n) is 4.67. The number of hydrogen-bond acceptors (Lipinski definition) is 6. The zero-order chi connectivity index (χ0) is 21.0. The molecule has 29 heavy (non-hydrogen) atoms. The van der Waals surface area contributed by atoms with Gasteiger partial charge in [0.15, 0.2) is 5.82 Å². The van der Waals surface area contributed by atoms with Gasteiger partial charge in [-0.15, -0.1) is 5.10 Å². The number of rotatable bonds is 7. The van der Waals surface area contributed by atoms with Crippen LogP contribution < -0.4 is 15.8 Å². The first-order valence-electron chi connectivity index (χ1n) is 9.35. The molecule has 0 aliphatic carbocycles. The quantitative estimate of drug-likeness (QED) is 0.598. The van der Waals surface area contributed by atoms with Gasteiger partial charge in [0.1, 0.15) is 5.75 Å². The van der Waals surface area contributed by atoms with E-state index >= 15 is 0 Å². The summed E-state index contributed by atoms with van der Waals surface area (Å²) in [5.74, 6) is 1.26. The molecule has 0 saturated carbocycles. The van der Waals surface area contributed by atoms with Crippen LogP contribution in [0.1, 0.15) is 37.1 Å². The second-order valence-electron chi connectivity index (χ2n) is 7.68. The molecule has 7 heteroatoms. The van der Waals surface area contributed by atoms with Gasteiger partial charge in [-0.25, -0.2) is 0 Å². The maximum absolute atomic E-state index is 9.31. The molecular formula is C22H24ClN5O. The molecule has 0 radical (unpaired) electrons. The molecule has 0 spiro atoms. The lowest BCUT2D eigenvalue weighted by Gasteiger charge is -2.18. The highest BCUT2D eigenvalue weighted by Crippen LogP contribution is 2.28. The van der Waals surface area contributed by atoms with Gasteiger partial charge in [0.05, 0.1) is 29.5 Å². The molecule has 0 saturated heterocycles. The number of aromatic nitrogens is 2. The Kier molecular flexibility index (Phi) is 6.21. The van der Waals surface area contributed by atoms with Crippen molar-refractivity contribution in [3.8, 4) is 11.8 Å². The molecule has 3 rings (SSSR count). The van der Waals surface area contributed by atoms with E-state index in [0.29, 0.717) is 35.1 Å². The van der Waals surface area contributed by atoms with Gasteiger partial charge in [-0.1, -0.05) is 23.7 Å². The lowest BCUT2D eigenvalue weighted by Crippen LogP contribution is -2.32. The van der Waals surface area contributed by atoms with Crippen LogP contribution in [-0.2, 0) is 13.0 Å². The molecule has 0 bridgehead atoms. The van der Waals surface area contributed by atoms with Crippen molar-refractivity contribution in [1.82, 2.24) is 10.2 Å². The van der Waals surface area contributed by atoms with Crippen molar-refractivity contribution in [2.75, 3.05) is 12.4 Å². The molecule has 0 atom stereocenters. The third kappa shape index (κ3) is 5.14. The zero-order valence-electron chi connectivity index (χ0n) is 16.8. The number of nitrogens with one attached hydrogen (secondary N) is 1. The highest BCUT2D eigenvalue weighted by Gasteiger charge is 2.15. The Hall–Kier alpha value is -2.88. The van der Waals surface area contributed by atoms with Crippen molar-refractivity contribution < 1.29 is 4.74 Å². The van der Waals surface area contributed by atoms with E-state index < -0.39 is 0 Å². The molecule has 3 aromatic rings. The first kappa shape index (κ1) is 20.8. The van der Waals surface area contributed by atoms with Gasteiger partial charge in [-0.3, -0.25) is 0 Å². The summed E-state index contributed by atoms with van der Waals surface area (Å²) in [5.41, 5.74) is 8.27. The van der Waals surface area contributed by atoms with E-state index in [4.69, 9.17) is 22.1 Å². The van der Waals surface area contributed by atoms with E-state index in [1.165, 1.54) is 0 Å². The van der Waals surface area contributed by atoms with Crippen molar-refractivity contribution in [2.24, 2.45) is 5.73 Å². The van der Waals surface area contributed by atoms with Gasteiger partial charge in [-0.2, -0.15) is 10.4 Å². The van der Waals surface area contributed by atoms with Crippen molar-refractivity contribution >= 4 is 28.2 Å². The van der Waals surface area contributed by atoms with Gasteiger partial charge in [-0.05, 0) is 56.5 Å². The SMILES string of the molecule is COc1ccc(CNc2nnc(CCC(C)(C)N)c3ccc(C#N)cc23)cc1Cl. The minimum absolute atomic E-state index is 0.287. The van der Waals surface area contributed by atoms with Crippen LogP contribution in [0.25, 0.3) is 10.8 Å². The minimum atomic E-state index is -0.287. The number of ether oxygens (including phenoxy) is 1. The van der Waals surface area contributed by atoms with E-state index in [0.717, 1.165) is 28.5 Å². The van der Waals surface area contributed by atoms with Crippen molar-refractivity contribution in [1.29, 1.82) is 5.26 Å². The number of fused-ring (bicyclic) bond motifs is 1. The molecule has 3 N–H and O–H groups in total. The number of methoxy groups -OCH3 is 1. The predicted octanol–water partition coefficient (Wildman–Crippen LogP) is 4.45. The molecule has 0 aliphatic rings. The van der Waals surface area contributed by atoms with E-state index in [-0.39, 0.29) is 5.54 Å². The van der Waals surface area contributed by atoms with Crippen molar-refractivity contribution in [3.63, 3.8) is 0 Å². The molecule has 0 unspecified atom stereocenters. The fourth-order valence-electron chi connectivity index (χ4n) is 3.04. The van der Waals surface area contributed by atoms with Crippen molar-refractivity contribution in [2.45, 2.75) is 38.8 Å². The second kappa shape index (κ2) is 8.64. The number of nitrogens with two attached hydrogens (primary N) is 1. The number of aryl methyl sites for hydroxylation is 1. The Bertz CT molecular complexity index is 1070. The average Bonchev–Trinajstić information content (AvgIpc) is 2.70. The highest BCUT2D eigenvalue weighted by atomic mass is 35.5. The van der Waals surface area contributed by atoms with Crippen LogP contribution >= 0.6 is 11.6 Å². The molecule has 150 valence electrons. The number of anilines is 1. The molecular weight excluding hydrogens is 386 g/mol. The summed E-state index contributed by atoms with van der Waals surface area (Å²) in [6, 6.07) is 13.4. The summed E-state index contributed by atoms with van der Waals surface area (Å²) in [5, 5.41) is 23.8. The summed E-state index contributed by atoms with van der Waals surface area (Å²) >= 11 is 6.21. The summed E-state index contributed by atoms with van der Waals surface area (Å²) in [4.78, 5) is 0. The molecule has 0 fully saturated rings. The Morgan fingerprint density at radius 2 is 1.97 bits per heavy atom. The topological polar surface area (TPSA) is 96.8 Å². The standard InChI is InChI=1S/C22H24ClN5O/c1-22(2,25)9-8-19-16-6-4-14(12-24)10-17(16)21(28-27-19)26-13-15-5-7-20(29-3)18(23)11-15/h4-7,10-11H,8-9,13,25H2,1-3H3,(H,26,28). The fourth-order valence-corrected chi connectivity index (χ4v) is 3.32. The molecule has 0 aliphatic heterocycles. The highest BCUT2D eigenvalue weighted by molar-refractivity contribution is 6.32. The number of nitrogens with zero attached hydrogens (tertiary/aromatic N) is 3. The number of benzene rings is 2. The Morgan fingerprint density at radius 1 is 1.17 bits per heavy atom. The van der Waals surface area contributed by atoms with E-state index in [2.05, 4.69) is 21.6 Å². The van der Waals surface area contributed by atoms with Crippen LogP contribution in [0, 0.1) is 11.3 Å². The van der Waals surface area contributed by atoms with Crippen LogP contribution in [-0.4, -0.2) is 22.8 Å². The molecule has 6 nitrogen and oxygen atoms in total. The van der Waals surface area contributed by atoms with Gasteiger partial charge >= 0.3 is 0 Å². The Labute approximate surface area is 175 Å². The van der Waals surface area contributed by atoms with E-state index in [9.17, 15) is 5.26 Å². The minimum Gasteiger partial charge on any atom is -0.495 e. The zero-order valence-corrected chi connectivity index (χ0v) is 17.5. The fraction of sp³-hybridized carbons (Fsp3) is 0.318. The Morgan fingerprint density at radius 3 is 2.62 bits per heavy atom. The van der Waals surface area contributed by atoms with E-state index in [1.54, 1.807) is 13.2 Å². The maximum Gasteiger partial charge on any atom is 0.156 e. The second-order valence-corrected chi connectivity index (χ2v) is 8.09. The lowest BCUT2D eigenvalue weighted by molar-refractivity contribution is 0.415. The summed E-state index contributed by atoms with van der Waals surface area (Å²) in [6.07, 6.45) is 1.50. The molecule has 1 aromatic heterocycles. The van der Waals surface area contributed by atoms with Crippen molar-refractivity contribution in [3.05, 3.63) is 58.2 Å². The first-order chi connectivity index (χ1) is 13.8. The van der Waals surface area contributed by atoms with Gasteiger partial charge in [0.2, 0.25) is 0 Å². The van der Waals surface area contributed by atoms with Gasteiger partial charge < -0.3 is 15.8 Å². The number of hydrogen-bond donors (Lipinski definition) is 2. The van der Waals surface area contributed by atoms with Crippen LogP contribution in [0.4, 0.5) is 5.82 Å². The Balaban J connectivity index is 1.91. The molecule has 0 amide bonds. The third-order valence-corrected chi connectivity index (χ3v) is 4.96. The monoisotopic (exact) mass is 409 g/mol. The molecule has 1 heterocycles. The summed E-state index contributed by atoms with van der Waals surface area (Å²) in [7, 11) is 1.58. The number of nitriles is 1. The summed E-state index contributed by atoms with van der Waals surface area (Å²) in [6.45, 7) is 4.50. The van der Waals surface area contributed by atoms with Gasteiger partial charge in [0.25, 0.3) is 0 Å². The molecule has 2 aromatic carbocycles. The van der Waals surface area contributed by atoms with Crippen LogP contribution in [0.15, 0.2) is 36.4 Å². The smallest absolute Gasteiger partial charge is 0.156 e. The van der Waals surface area contributed by atoms with Gasteiger partial charge in [0, 0.05) is 22.9 Å². The summed E-state index contributed by atoms with van der Waals surface area (Å²) < 4.78 is 5.19. The first-order valence-corrected chi connectivity index (χ1v) is 9.73.